The van der Waals surface area contributed by atoms with Crippen LogP contribution in [0, 0.1) is 0 Å². The number of rotatable bonds is 5. The summed E-state index contributed by atoms with van der Waals surface area (Å²) in [5.74, 6) is -0.108. The van der Waals surface area contributed by atoms with Crippen LogP contribution in [-0.2, 0) is 17.8 Å². The number of hydrogen-bond acceptors (Lipinski definition) is 5. The summed E-state index contributed by atoms with van der Waals surface area (Å²) in [7, 11) is 0. The Balaban J connectivity index is 1.68. The van der Waals surface area contributed by atoms with Crippen molar-refractivity contribution in [2.75, 3.05) is 5.32 Å². The molecule has 2 aromatic heterocycles. The molecule has 0 saturated heterocycles. The van der Waals surface area contributed by atoms with E-state index < -0.39 is 0 Å². The van der Waals surface area contributed by atoms with Gasteiger partial charge in [0.25, 0.3) is 0 Å². The second kappa shape index (κ2) is 6.50. The Bertz CT molecular complexity index is 750. The molecule has 0 fully saturated rings. The number of anilines is 1. The van der Waals surface area contributed by atoms with Crippen LogP contribution < -0.4 is 5.32 Å². The van der Waals surface area contributed by atoms with Crippen molar-refractivity contribution in [3.63, 3.8) is 0 Å². The van der Waals surface area contributed by atoms with E-state index in [1.54, 1.807) is 12.4 Å². The lowest BCUT2D eigenvalue weighted by atomic mass is 10.1. The highest BCUT2D eigenvalue weighted by molar-refractivity contribution is 7.13. The number of thiophene rings is 1. The minimum Gasteiger partial charge on any atom is -0.392 e. The molecule has 0 radical (unpaired) electrons. The first-order valence-corrected chi connectivity index (χ1v) is 7.57. The number of carbonyl (C=O) groups is 1. The van der Waals surface area contributed by atoms with Gasteiger partial charge in [0, 0.05) is 0 Å². The maximum absolute atomic E-state index is 12.2. The standard InChI is InChI=1S/C15H14N4O2S/c20-10-12-3-1-11(2-4-12)9-14(21)18-13-5-8-22-15(13)19-16-6-7-17-19/h1-8,20H,9-10H2,(H,18,21). The Kier molecular flexibility index (Phi) is 4.27. The molecule has 3 rings (SSSR count). The summed E-state index contributed by atoms with van der Waals surface area (Å²) in [5, 5.41) is 22.7. The molecular weight excluding hydrogens is 300 g/mol. The number of amides is 1. The number of aromatic nitrogens is 3. The molecule has 0 bridgehead atoms. The van der Waals surface area contributed by atoms with Gasteiger partial charge in [0.1, 0.15) is 0 Å². The molecule has 0 spiro atoms. The van der Waals surface area contributed by atoms with Crippen molar-refractivity contribution in [1.29, 1.82) is 0 Å². The SMILES string of the molecule is O=C(Cc1ccc(CO)cc1)Nc1ccsc1-n1nccn1. The lowest BCUT2D eigenvalue weighted by Crippen LogP contribution is -2.15. The second-order valence-electron chi connectivity index (χ2n) is 4.66. The smallest absolute Gasteiger partial charge is 0.228 e. The van der Waals surface area contributed by atoms with Crippen molar-refractivity contribution in [1.82, 2.24) is 15.0 Å². The Morgan fingerprint density at radius 3 is 2.50 bits per heavy atom. The molecule has 1 amide bonds. The van der Waals surface area contributed by atoms with Crippen molar-refractivity contribution < 1.29 is 9.90 Å². The van der Waals surface area contributed by atoms with E-state index in [4.69, 9.17) is 5.11 Å². The predicted octanol–water partition coefficient (Wildman–Crippen LogP) is 2.00. The minimum absolute atomic E-state index is 0.00160. The van der Waals surface area contributed by atoms with Gasteiger partial charge in [0.05, 0.1) is 31.1 Å². The molecule has 1 aromatic carbocycles. The summed E-state index contributed by atoms with van der Waals surface area (Å²) in [6, 6.07) is 9.14. The Morgan fingerprint density at radius 1 is 1.14 bits per heavy atom. The molecular formula is C15H14N4O2S. The number of carbonyl (C=O) groups excluding carboxylic acids is 1. The van der Waals surface area contributed by atoms with E-state index in [1.165, 1.54) is 16.1 Å². The molecule has 0 aliphatic rings. The lowest BCUT2D eigenvalue weighted by Gasteiger charge is -2.06. The van der Waals surface area contributed by atoms with Crippen molar-refractivity contribution in [2.24, 2.45) is 0 Å². The summed E-state index contributed by atoms with van der Waals surface area (Å²) in [6.07, 6.45) is 3.45. The van der Waals surface area contributed by atoms with Crippen LogP contribution in [-0.4, -0.2) is 26.0 Å². The van der Waals surface area contributed by atoms with Crippen LogP contribution in [0.1, 0.15) is 11.1 Å². The van der Waals surface area contributed by atoms with E-state index in [0.717, 1.165) is 16.1 Å². The fourth-order valence-corrected chi connectivity index (χ4v) is 2.78. The van der Waals surface area contributed by atoms with Gasteiger partial charge < -0.3 is 10.4 Å². The molecule has 0 aliphatic carbocycles. The maximum atomic E-state index is 12.2. The zero-order valence-electron chi connectivity index (χ0n) is 11.6. The van der Waals surface area contributed by atoms with Crippen molar-refractivity contribution in [3.8, 4) is 5.00 Å². The van der Waals surface area contributed by atoms with Gasteiger partial charge in [-0.05, 0) is 22.6 Å². The van der Waals surface area contributed by atoms with E-state index in [9.17, 15) is 4.79 Å². The largest absolute Gasteiger partial charge is 0.392 e. The van der Waals surface area contributed by atoms with Gasteiger partial charge in [0.15, 0.2) is 5.00 Å². The number of aliphatic hydroxyl groups is 1. The lowest BCUT2D eigenvalue weighted by molar-refractivity contribution is -0.115. The number of benzene rings is 1. The highest BCUT2D eigenvalue weighted by Gasteiger charge is 2.11. The molecule has 112 valence electrons. The average Bonchev–Trinajstić information content (AvgIpc) is 3.18. The van der Waals surface area contributed by atoms with Crippen LogP contribution in [0.15, 0.2) is 48.1 Å². The van der Waals surface area contributed by atoms with Gasteiger partial charge in [-0.15, -0.1) is 16.1 Å². The predicted molar refractivity (Wildman–Crippen MR) is 83.9 cm³/mol. The molecule has 22 heavy (non-hydrogen) atoms. The van der Waals surface area contributed by atoms with Gasteiger partial charge in [0.2, 0.25) is 5.91 Å². The Hall–Kier alpha value is -2.51. The van der Waals surface area contributed by atoms with Gasteiger partial charge in [-0.3, -0.25) is 4.79 Å². The zero-order chi connectivity index (χ0) is 15.4. The fraction of sp³-hybridized carbons (Fsp3) is 0.133. The topological polar surface area (TPSA) is 80.0 Å². The molecule has 7 heteroatoms. The number of aliphatic hydroxyl groups excluding tert-OH is 1. The molecule has 0 saturated carbocycles. The van der Waals surface area contributed by atoms with Crippen LogP contribution in [0.5, 0.6) is 0 Å². The van der Waals surface area contributed by atoms with Crippen molar-refractivity contribution >= 4 is 22.9 Å². The van der Waals surface area contributed by atoms with Gasteiger partial charge in [-0.25, -0.2) is 0 Å². The van der Waals surface area contributed by atoms with Crippen LogP contribution in [0.2, 0.25) is 0 Å². The molecule has 2 heterocycles. The van der Waals surface area contributed by atoms with E-state index in [2.05, 4.69) is 15.5 Å². The minimum atomic E-state index is -0.108. The maximum Gasteiger partial charge on any atom is 0.228 e. The van der Waals surface area contributed by atoms with E-state index in [-0.39, 0.29) is 18.9 Å². The van der Waals surface area contributed by atoms with E-state index in [1.807, 2.05) is 35.7 Å². The van der Waals surface area contributed by atoms with Gasteiger partial charge in [-0.1, -0.05) is 24.3 Å². The van der Waals surface area contributed by atoms with Crippen molar-refractivity contribution in [2.45, 2.75) is 13.0 Å². The first-order chi connectivity index (χ1) is 10.8. The molecule has 6 nitrogen and oxygen atoms in total. The van der Waals surface area contributed by atoms with Crippen LogP contribution in [0.25, 0.3) is 5.00 Å². The van der Waals surface area contributed by atoms with Crippen LogP contribution >= 0.6 is 11.3 Å². The number of nitrogens with zero attached hydrogens (tertiary/aromatic N) is 3. The summed E-state index contributed by atoms with van der Waals surface area (Å²) < 4.78 is 0. The third-order valence-electron chi connectivity index (χ3n) is 3.09. The monoisotopic (exact) mass is 314 g/mol. The van der Waals surface area contributed by atoms with Crippen molar-refractivity contribution in [3.05, 3.63) is 59.2 Å². The molecule has 0 aliphatic heterocycles. The number of nitrogens with one attached hydrogen (secondary N) is 1. The summed E-state index contributed by atoms with van der Waals surface area (Å²) in [4.78, 5) is 13.6. The van der Waals surface area contributed by atoms with Crippen LogP contribution in [0.3, 0.4) is 0 Å². The first kappa shape index (κ1) is 14.4. The summed E-state index contributed by atoms with van der Waals surface area (Å²) >= 11 is 1.46. The third-order valence-corrected chi connectivity index (χ3v) is 3.97. The number of hydrogen-bond donors (Lipinski definition) is 2. The summed E-state index contributed by atoms with van der Waals surface area (Å²) in [5.41, 5.74) is 2.41. The van der Waals surface area contributed by atoms with Crippen LogP contribution in [0.4, 0.5) is 5.69 Å². The van der Waals surface area contributed by atoms with E-state index in [0.29, 0.717) is 5.69 Å². The Morgan fingerprint density at radius 2 is 1.82 bits per heavy atom. The average molecular weight is 314 g/mol. The Labute approximate surface area is 131 Å². The molecule has 3 aromatic rings. The molecule has 0 atom stereocenters. The second-order valence-corrected chi connectivity index (χ2v) is 5.55. The van der Waals surface area contributed by atoms with Gasteiger partial charge >= 0.3 is 0 Å². The summed E-state index contributed by atoms with van der Waals surface area (Å²) in [6.45, 7) is 0.00160. The fourth-order valence-electron chi connectivity index (χ4n) is 2.01. The zero-order valence-corrected chi connectivity index (χ0v) is 12.5. The quantitative estimate of drug-likeness (QED) is 0.755. The molecule has 2 N–H and O–H groups in total. The van der Waals surface area contributed by atoms with Gasteiger partial charge in [-0.2, -0.15) is 10.2 Å². The highest BCUT2D eigenvalue weighted by Crippen LogP contribution is 2.25. The van der Waals surface area contributed by atoms with E-state index >= 15 is 0 Å². The normalized spacial score (nSPS) is 10.6. The molecule has 0 unspecified atom stereocenters. The highest BCUT2D eigenvalue weighted by atomic mass is 32.1. The first-order valence-electron chi connectivity index (χ1n) is 6.69. The third kappa shape index (κ3) is 3.21.